The number of aromatic amines is 1. The van der Waals surface area contributed by atoms with Crippen molar-refractivity contribution in [1.82, 2.24) is 9.88 Å². The summed E-state index contributed by atoms with van der Waals surface area (Å²) in [5.74, 6) is 0.877. The van der Waals surface area contributed by atoms with E-state index in [1.807, 2.05) is 24.3 Å². The molecule has 2 aromatic rings. The Morgan fingerprint density at radius 2 is 1.92 bits per heavy atom. The van der Waals surface area contributed by atoms with Crippen LogP contribution < -0.4 is 10.3 Å². The lowest BCUT2D eigenvalue weighted by Gasteiger charge is -2.36. The van der Waals surface area contributed by atoms with Gasteiger partial charge in [0.2, 0.25) is 0 Å². The number of aromatic nitrogens is 1. The summed E-state index contributed by atoms with van der Waals surface area (Å²) in [6.45, 7) is 6.94. The molecule has 0 amide bonds. The van der Waals surface area contributed by atoms with Gasteiger partial charge in [-0.15, -0.1) is 0 Å². The maximum atomic E-state index is 11.8. The van der Waals surface area contributed by atoms with Crippen LogP contribution in [0.2, 0.25) is 0 Å². The first-order chi connectivity index (χ1) is 12.7. The molecule has 1 aliphatic rings. The lowest BCUT2D eigenvalue weighted by Crippen LogP contribution is -2.40. The second-order valence-corrected chi connectivity index (χ2v) is 7.44. The van der Waals surface area contributed by atoms with Crippen molar-refractivity contribution in [3.8, 4) is 5.75 Å². The van der Waals surface area contributed by atoms with Crippen molar-refractivity contribution < 1.29 is 4.74 Å². The van der Waals surface area contributed by atoms with Crippen LogP contribution in [0.25, 0.3) is 10.8 Å². The van der Waals surface area contributed by atoms with Gasteiger partial charge in [0.1, 0.15) is 5.75 Å². The molecular weight excluding hydrogens is 324 g/mol. The van der Waals surface area contributed by atoms with Crippen LogP contribution in [0.5, 0.6) is 5.75 Å². The molecule has 1 aromatic carbocycles. The quantitative estimate of drug-likeness (QED) is 0.696. The molecule has 1 fully saturated rings. The van der Waals surface area contributed by atoms with E-state index < -0.39 is 0 Å². The Balaban J connectivity index is 1.54. The zero-order chi connectivity index (χ0) is 18.4. The van der Waals surface area contributed by atoms with Crippen molar-refractivity contribution in [3.63, 3.8) is 0 Å². The van der Waals surface area contributed by atoms with Gasteiger partial charge in [-0.3, -0.25) is 4.79 Å². The van der Waals surface area contributed by atoms with Crippen LogP contribution in [0.1, 0.15) is 58.8 Å². The lowest BCUT2D eigenvalue weighted by atomic mass is 9.91. The van der Waals surface area contributed by atoms with Crippen LogP contribution in [-0.4, -0.2) is 35.1 Å². The first-order valence-corrected chi connectivity index (χ1v) is 10.2. The van der Waals surface area contributed by atoms with Gasteiger partial charge in [-0.1, -0.05) is 26.7 Å². The van der Waals surface area contributed by atoms with E-state index in [2.05, 4.69) is 23.7 Å². The van der Waals surface area contributed by atoms with Gasteiger partial charge in [-0.25, -0.2) is 0 Å². The summed E-state index contributed by atoms with van der Waals surface area (Å²) in [6, 6.07) is 8.41. The van der Waals surface area contributed by atoms with Gasteiger partial charge in [0.25, 0.3) is 5.56 Å². The van der Waals surface area contributed by atoms with E-state index in [1.165, 1.54) is 38.6 Å². The van der Waals surface area contributed by atoms with Gasteiger partial charge < -0.3 is 14.6 Å². The molecule has 4 nitrogen and oxygen atoms in total. The fourth-order valence-electron chi connectivity index (χ4n) is 4.13. The Bertz CT molecular complexity index is 747. The Morgan fingerprint density at radius 1 is 1.12 bits per heavy atom. The Labute approximate surface area is 156 Å². The van der Waals surface area contributed by atoms with Gasteiger partial charge in [-0.05, 0) is 74.8 Å². The number of ether oxygens (including phenoxy) is 1. The molecule has 1 N–H and O–H groups in total. The minimum Gasteiger partial charge on any atom is -0.490 e. The molecule has 4 heteroatoms. The highest BCUT2D eigenvalue weighted by molar-refractivity contribution is 5.82. The molecule has 0 spiro atoms. The Hall–Kier alpha value is -1.81. The van der Waals surface area contributed by atoms with Crippen LogP contribution in [0.15, 0.2) is 35.3 Å². The van der Waals surface area contributed by atoms with Crippen LogP contribution in [0, 0.1) is 0 Å². The third-order valence-corrected chi connectivity index (χ3v) is 5.66. The summed E-state index contributed by atoms with van der Waals surface area (Å²) in [7, 11) is 0. The monoisotopic (exact) mass is 356 g/mol. The van der Waals surface area contributed by atoms with Crippen molar-refractivity contribution >= 4 is 10.8 Å². The van der Waals surface area contributed by atoms with E-state index in [0.29, 0.717) is 17.5 Å². The summed E-state index contributed by atoms with van der Waals surface area (Å²) in [5.41, 5.74) is -0.0442. The minimum absolute atomic E-state index is 0.0442. The predicted molar refractivity (Wildman–Crippen MR) is 108 cm³/mol. The zero-order valence-electron chi connectivity index (χ0n) is 16.2. The highest BCUT2D eigenvalue weighted by Gasteiger charge is 2.26. The summed E-state index contributed by atoms with van der Waals surface area (Å²) < 4.78 is 6.23. The molecule has 142 valence electrons. The second-order valence-electron chi connectivity index (χ2n) is 7.44. The fourth-order valence-corrected chi connectivity index (χ4v) is 4.13. The van der Waals surface area contributed by atoms with Crippen molar-refractivity contribution in [1.29, 1.82) is 0 Å². The van der Waals surface area contributed by atoms with E-state index in [0.717, 1.165) is 30.5 Å². The van der Waals surface area contributed by atoms with E-state index in [1.54, 1.807) is 6.20 Å². The Kier molecular flexibility index (Phi) is 6.73. The number of fused-ring (bicyclic) bond motifs is 1. The number of hydrogen-bond donors (Lipinski definition) is 1. The average Bonchev–Trinajstić information content (AvgIpc) is 2.66. The maximum Gasteiger partial charge on any atom is 0.255 e. The summed E-state index contributed by atoms with van der Waals surface area (Å²) in [4.78, 5) is 17.2. The van der Waals surface area contributed by atoms with Crippen molar-refractivity contribution in [3.05, 3.63) is 40.8 Å². The molecule has 0 saturated heterocycles. The molecular formula is C22H32N2O2. The van der Waals surface area contributed by atoms with Gasteiger partial charge >= 0.3 is 0 Å². The van der Waals surface area contributed by atoms with Crippen molar-refractivity contribution in [2.45, 2.75) is 70.9 Å². The largest absolute Gasteiger partial charge is 0.490 e. The second kappa shape index (κ2) is 9.22. The van der Waals surface area contributed by atoms with Crippen molar-refractivity contribution in [2.75, 3.05) is 13.1 Å². The molecule has 0 bridgehead atoms. The summed E-state index contributed by atoms with van der Waals surface area (Å²) in [6.07, 6.45) is 10.6. The number of hydrogen-bond acceptors (Lipinski definition) is 3. The standard InChI is InChI=1S/C22H32N2O2/c1-3-5-6-15-24(4-2)18-7-9-19(10-8-18)26-20-11-12-21-17(16-20)13-14-23-22(21)25/h11-14,16,18-19H,3-10,15H2,1-2H3,(H,23,25). The number of unbranched alkanes of at least 4 members (excludes halogenated alkanes) is 2. The molecule has 1 aliphatic carbocycles. The number of H-pyrrole nitrogens is 1. The average molecular weight is 357 g/mol. The predicted octanol–water partition coefficient (Wildman–Crippen LogP) is 4.73. The van der Waals surface area contributed by atoms with Crippen LogP contribution in [0.4, 0.5) is 0 Å². The third-order valence-electron chi connectivity index (χ3n) is 5.66. The van der Waals surface area contributed by atoms with Crippen LogP contribution >= 0.6 is 0 Å². The zero-order valence-corrected chi connectivity index (χ0v) is 16.2. The van der Waals surface area contributed by atoms with E-state index in [-0.39, 0.29) is 5.56 Å². The van der Waals surface area contributed by atoms with Crippen molar-refractivity contribution in [2.24, 2.45) is 0 Å². The van der Waals surface area contributed by atoms with Gasteiger partial charge in [0, 0.05) is 17.6 Å². The number of rotatable bonds is 8. The van der Waals surface area contributed by atoms with Gasteiger partial charge in [0.05, 0.1) is 6.10 Å². The topological polar surface area (TPSA) is 45.3 Å². The number of nitrogens with zero attached hydrogens (tertiary/aromatic N) is 1. The first kappa shape index (κ1) is 19.0. The molecule has 1 saturated carbocycles. The minimum atomic E-state index is -0.0442. The molecule has 0 atom stereocenters. The number of pyridine rings is 1. The molecule has 1 heterocycles. The number of benzene rings is 1. The Morgan fingerprint density at radius 3 is 2.65 bits per heavy atom. The normalized spacial score (nSPS) is 20.6. The lowest BCUT2D eigenvalue weighted by molar-refractivity contribution is 0.0897. The summed E-state index contributed by atoms with van der Waals surface area (Å²) in [5, 5.41) is 1.65. The molecule has 0 unspecified atom stereocenters. The number of nitrogens with one attached hydrogen (secondary N) is 1. The van der Waals surface area contributed by atoms with Crippen LogP contribution in [0.3, 0.4) is 0 Å². The molecule has 1 aromatic heterocycles. The van der Waals surface area contributed by atoms with Gasteiger partial charge in [0.15, 0.2) is 0 Å². The molecule has 0 aliphatic heterocycles. The maximum absolute atomic E-state index is 11.8. The highest BCUT2D eigenvalue weighted by Crippen LogP contribution is 2.28. The van der Waals surface area contributed by atoms with E-state index in [9.17, 15) is 4.79 Å². The highest BCUT2D eigenvalue weighted by atomic mass is 16.5. The van der Waals surface area contributed by atoms with E-state index in [4.69, 9.17) is 4.74 Å². The van der Waals surface area contributed by atoms with E-state index >= 15 is 0 Å². The smallest absolute Gasteiger partial charge is 0.255 e. The SMILES string of the molecule is CCCCCN(CC)C1CCC(Oc2ccc3c(=O)[nH]ccc3c2)CC1. The third kappa shape index (κ3) is 4.67. The first-order valence-electron chi connectivity index (χ1n) is 10.2. The van der Waals surface area contributed by atoms with Gasteiger partial charge in [-0.2, -0.15) is 0 Å². The molecule has 0 radical (unpaired) electrons. The fraction of sp³-hybridized carbons (Fsp3) is 0.591. The molecule has 26 heavy (non-hydrogen) atoms. The summed E-state index contributed by atoms with van der Waals surface area (Å²) >= 11 is 0. The van der Waals surface area contributed by atoms with Crippen LogP contribution in [-0.2, 0) is 0 Å². The molecule has 3 rings (SSSR count).